The van der Waals surface area contributed by atoms with Crippen LogP contribution in [0.2, 0.25) is 0 Å². The van der Waals surface area contributed by atoms with Gasteiger partial charge in [-0.2, -0.15) is 4.80 Å². The van der Waals surface area contributed by atoms with E-state index in [1.54, 1.807) is 19.2 Å². The van der Waals surface area contributed by atoms with Crippen molar-refractivity contribution in [1.29, 1.82) is 0 Å². The minimum Gasteiger partial charge on any atom is -0.478 e. The van der Waals surface area contributed by atoms with E-state index in [2.05, 4.69) is 52.7 Å². The number of nitrogens with zero attached hydrogens (tertiary/aromatic N) is 6. The van der Waals surface area contributed by atoms with Crippen molar-refractivity contribution in [2.75, 3.05) is 0 Å². The average molecular weight is 467 g/mol. The SMILES string of the molecule is CCCCc1nc2cccc(C(=O)O)c2n1Cc1ccc(-c2ccccc2)c(-c2nnn(C)n2)c1. The van der Waals surface area contributed by atoms with E-state index in [1.165, 1.54) is 4.80 Å². The first-order chi connectivity index (χ1) is 17.0. The van der Waals surface area contributed by atoms with Crippen LogP contribution in [0.25, 0.3) is 33.5 Å². The van der Waals surface area contributed by atoms with Crippen LogP contribution in [0.4, 0.5) is 0 Å². The van der Waals surface area contributed by atoms with E-state index in [0.29, 0.717) is 23.4 Å². The summed E-state index contributed by atoms with van der Waals surface area (Å²) in [7, 11) is 1.74. The number of hydrogen-bond acceptors (Lipinski definition) is 5. The summed E-state index contributed by atoms with van der Waals surface area (Å²) in [6.07, 6.45) is 2.79. The molecule has 176 valence electrons. The number of aryl methyl sites for hydroxylation is 2. The highest BCUT2D eigenvalue weighted by Gasteiger charge is 2.19. The van der Waals surface area contributed by atoms with Gasteiger partial charge in [-0.15, -0.1) is 10.2 Å². The number of imidazole rings is 1. The van der Waals surface area contributed by atoms with Gasteiger partial charge in [0.1, 0.15) is 5.82 Å². The third-order valence-corrected chi connectivity index (χ3v) is 6.09. The fourth-order valence-corrected chi connectivity index (χ4v) is 4.42. The van der Waals surface area contributed by atoms with Gasteiger partial charge in [0.25, 0.3) is 0 Å². The van der Waals surface area contributed by atoms with Crippen molar-refractivity contribution in [3.8, 4) is 22.5 Å². The summed E-state index contributed by atoms with van der Waals surface area (Å²) in [5, 5.41) is 22.6. The van der Waals surface area contributed by atoms with Gasteiger partial charge in [-0.25, -0.2) is 9.78 Å². The van der Waals surface area contributed by atoms with E-state index >= 15 is 0 Å². The molecule has 1 N–H and O–H groups in total. The van der Waals surface area contributed by atoms with Crippen LogP contribution in [0.1, 0.15) is 41.5 Å². The maximum Gasteiger partial charge on any atom is 0.337 e. The zero-order valence-electron chi connectivity index (χ0n) is 19.7. The standard InChI is InChI=1S/C27H26N6O2/c1-3-4-13-24-28-23-12-8-11-21(27(34)35)25(23)33(24)17-18-14-15-20(19-9-6-5-7-10-19)22(16-18)26-29-31-32(2)30-26/h5-12,14-16H,3-4,13,17H2,1-2H3,(H,34,35). The summed E-state index contributed by atoms with van der Waals surface area (Å²) in [5.41, 5.74) is 5.56. The van der Waals surface area contributed by atoms with Crippen molar-refractivity contribution in [2.45, 2.75) is 32.7 Å². The van der Waals surface area contributed by atoms with E-state index in [0.717, 1.165) is 47.3 Å². The Morgan fingerprint density at radius 1 is 1.00 bits per heavy atom. The van der Waals surface area contributed by atoms with Crippen LogP contribution < -0.4 is 0 Å². The Morgan fingerprint density at radius 3 is 2.54 bits per heavy atom. The number of fused-ring (bicyclic) bond motifs is 1. The van der Waals surface area contributed by atoms with E-state index in [4.69, 9.17) is 4.98 Å². The molecule has 0 radical (unpaired) electrons. The molecule has 8 heteroatoms. The molecule has 0 aliphatic carbocycles. The predicted molar refractivity (Wildman–Crippen MR) is 134 cm³/mol. The van der Waals surface area contributed by atoms with Gasteiger partial charge in [0, 0.05) is 18.5 Å². The van der Waals surface area contributed by atoms with Crippen LogP contribution in [0.5, 0.6) is 0 Å². The van der Waals surface area contributed by atoms with E-state index < -0.39 is 5.97 Å². The first-order valence-corrected chi connectivity index (χ1v) is 11.7. The Labute approximate surface area is 202 Å². The molecule has 0 amide bonds. The summed E-state index contributed by atoms with van der Waals surface area (Å²) in [4.78, 5) is 18.3. The zero-order valence-corrected chi connectivity index (χ0v) is 19.7. The van der Waals surface area contributed by atoms with Crippen LogP contribution in [-0.4, -0.2) is 40.8 Å². The minimum atomic E-state index is -0.956. The number of hydrogen-bond donors (Lipinski definition) is 1. The molecule has 2 aromatic heterocycles. The molecule has 5 aromatic rings. The molecule has 0 saturated carbocycles. The van der Waals surface area contributed by atoms with Crippen LogP contribution in [-0.2, 0) is 20.0 Å². The normalized spacial score (nSPS) is 11.3. The summed E-state index contributed by atoms with van der Waals surface area (Å²) in [6.45, 7) is 2.63. The quantitative estimate of drug-likeness (QED) is 0.346. The van der Waals surface area contributed by atoms with Crippen LogP contribution in [0, 0.1) is 0 Å². The molecule has 3 aromatic carbocycles. The number of para-hydroxylation sites is 1. The van der Waals surface area contributed by atoms with Gasteiger partial charge in [0.2, 0.25) is 5.82 Å². The number of rotatable bonds is 8. The Morgan fingerprint density at radius 2 is 1.83 bits per heavy atom. The summed E-state index contributed by atoms with van der Waals surface area (Å²) < 4.78 is 2.04. The second kappa shape index (κ2) is 9.50. The monoisotopic (exact) mass is 466 g/mol. The van der Waals surface area contributed by atoms with Crippen LogP contribution >= 0.6 is 0 Å². The molecule has 0 atom stereocenters. The molecule has 0 saturated heterocycles. The molecular formula is C27H26N6O2. The Kier molecular flexibility index (Phi) is 6.10. The van der Waals surface area contributed by atoms with Gasteiger partial charge in [-0.3, -0.25) is 0 Å². The Hall–Kier alpha value is -4.33. The second-order valence-corrected chi connectivity index (χ2v) is 8.54. The first kappa shape index (κ1) is 22.5. The van der Waals surface area contributed by atoms with E-state index in [1.807, 2.05) is 28.8 Å². The summed E-state index contributed by atoms with van der Waals surface area (Å²) in [5.74, 6) is 0.477. The maximum atomic E-state index is 12.0. The fourth-order valence-electron chi connectivity index (χ4n) is 4.42. The van der Waals surface area contributed by atoms with Crippen molar-refractivity contribution in [3.05, 3.63) is 83.7 Å². The molecule has 0 bridgehead atoms. The molecule has 0 spiro atoms. The van der Waals surface area contributed by atoms with Crippen molar-refractivity contribution >= 4 is 17.0 Å². The molecule has 0 aliphatic rings. The lowest BCUT2D eigenvalue weighted by Crippen LogP contribution is -2.09. The number of carboxylic acid groups (broad SMARTS) is 1. The van der Waals surface area contributed by atoms with Gasteiger partial charge in [-0.05, 0) is 46.5 Å². The molecule has 2 heterocycles. The highest BCUT2D eigenvalue weighted by molar-refractivity contribution is 6.01. The topological polar surface area (TPSA) is 98.7 Å². The van der Waals surface area contributed by atoms with Gasteiger partial charge in [0.15, 0.2) is 0 Å². The van der Waals surface area contributed by atoms with Crippen LogP contribution in [0.3, 0.4) is 0 Å². The number of aromatic nitrogens is 6. The molecule has 0 aliphatic heterocycles. The molecular weight excluding hydrogens is 440 g/mol. The fraction of sp³-hybridized carbons (Fsp3) is 0.222. The minimum absolute atomic E-state index is 0.259. The second-order valence-electron chi connectivity index (χ2n) is 8.54. The zero-order chi connectivity index (χ0) is 24.4. The highest BCUT2D eigenvalue weighted by Crippen LogP contribution is 2.32. The smallest absolute Gasteiger partial charge is 0.337 e. The molecule has 5 rings (SSSR count). The van der Waals surface area contributed by atoms with Crippen molar-refractivity contribution in [2.24, 2.45) is 7.05 Å². The summed E-state index contributed by atoms with van der Waals surface area (Å²) in [6, 6.07) is 21.6. The van der Waals surface area contributed by atoms with E-state index in [-0.39, 0.29) is 5.56 Å². The predicted octanol–water partition coefficient (Wildman–Crippen LogP) is 4.98. The first-order valence-electron chi connectivity index (χ1n) is 11.7. The van der Waals surface area contributed by atoms with Crippen molar-refractivity contribution in [1.82, 2.24) is 29.8 Å². The average Bonchev–Trinajstić information content (AvgIpc) is 3.46. The highest BCUT2D eigenvalue weighted by atomic mass is 16.4. The number of aromatic carboxylic acids is 1. The Bertz CT molecular complexity index is 1500. The number of carbonyl (C=O) groups is 1. The van der Waals surface area contributed by atoms with Gasteiger partial charge in [-0.1, -0.05) is 61.9 Å². The third kappa shape index (κ3) is 4.42. The number of tetrazole rings is 1. The largest absolute Gasteiger partial charge is 0.478 e. The number of carboxylic acids is 1. The number of benzene rings is 3. The lowest BCUT2D eigenvalue weighted by molar-refractivity contribution is 0.0698. The van der Waals surface area contributed by atoms with Gasteiger partial charge in [0.05, 0.1) is 23.6 Å². The third-order valence-electron chi connectivity index (χ3n) is 6.09. The molecule has 0 unspecified atom stereocenters. The molecule has 8 nitrogen and oxygen atoms in total. The Balaban J connectivity index is 1.65. The summed E-state index contributed by atoms with van der Waals surface area (Å²) >= 11 is 0. The number of unbranched alkanes of at least 4 members (excludes halogenated alkanes) is 1. The van der Waals surface area contributed by atoms with Crippen molar-refractivity contribution < 1.29 is 9.90 Å². The van der Waals surface area contributed by atoms with Crippen molar-refractivity contribution in [3.63, 3.8) is 0 Å². The van der Waals surface area contributed by atoms with Crippen LogP contribution in [0.15, 0.2) is 66.7 Å². The van der Waals surface area contributed by atoms with Gasteiger partial charge >= 0.3 is 5.97 Å². The lowest BCUT2D eigenvalue weighted by Gasteiger charge is -2.14. The lowest BCUT2D eigenvalue weighted by atomic mass is 9.97. The van der Waals surface area contributed by atoms with Gasteiger partial charge < -0.3 is 9.67 Å². The molecule has 0 fully saturated rings. The maximum absolute atomic E-state index is 12.0. The van der Waals surface area contributed by atoms with E-state index in [9.17, 15) is 9.90 Å². The molecule has 35 heavy (non-hydrogen) atoms.